The first-order chi connectivity index (χ1) is 12.0. The van der Waals surface area contributed by atoms with Crippen molar-refractivity contribution in [2.45, 2.75) is 19.8 Å². The number of thiazole rings is 1. The Balaban J connectivity index is 1.67. The number of carbonyl (C=O) groups is 1. The van der Waals surface area contributed by atoms with Crippen molar-refractivity contribution in [3.63, 3.8) is 0 Å². The van der Waals surface area contributed by atoms with Crippen molar-refractivity contribution in [3.8, 4) is 11.3 Å². The van der Waals surface area contributed by atoms with Crippen molar-refractivity contribution >= 4 is 45.6 Å². The summed E-state index contributed by atoms with van der Waals surface area (Å²) >= 11 is 13.4. The van der Waals surface area contributed by atoms with Crippen molar-refractivity contribution in [1.82, 2.24) is 4.98 Å². The van der Waals surface area contributed by atoms with Gasteiger partial charge in [0.15, 0.2) is 5.13 Å². The molecule has 1 aromatic heterocycles. The number of aryl methyl sites for hydroxylation is 1. The topological polar surface area (TPSA) is 42.0 Å². The van der Waals surface area contributed by atoms with Gasteiger partial charge in [0.1, 0.15) is 0 Å². The van der Waals surface area contributed by atoms with Gasteiger partial charge in [-0.05, 0) is 29.7 Å². The first-order valence-corrected chi connectivity index (χ1v) is 9.47. The summed E-state index contributed by atoms with van der Waals surface area (Å²) in [4.78, 5) is 16.7. The van der Waals surface area contributed by atoms with Gasteiger partial charge in [-0.25, -0.2) is 4.98 Å². The van der Waals surface area contributed by atoms with Gasteiger partial charge in [0.25, 0.3) is 0 Å². The van der Waals surface area contributed by atoms with E-state index < -0.39 is 0 Å². The third kappa shape index (κ3) is 4.60. The SMILES string of the molecule is CCc1ccc(-c2csc(NC(=O)Cc3ccc(Cl)cc3Cl)n2)cc1. The summed E-state index contributed by atoms with van der Waals surface area (Å²) in [5.74, 6) is -0.161. The lowest BCUT2D eigenvalue weighted by atomic mass is 10.1. The predicted molar refractivity (Wildman–Crippen MR) is 106 cm³/mol. The van der Waals surface area contributed by atoms with E-state index in [-0.39, 0.29) is 12.3 Å². The number of benzene rings is 2. The van der Waals surface area contributed by atoms with Gasteiger partial charge in [-0.1, -0.05) is 60.5 Å². The highest BCUT2D eigenvalue weighted by molar-refractivity contribution is 7.14. The molecule has 3 nitrogen and oxygen atoms in total. The van der Waals surface area contributed by atoms with Gasteiger partial charge in [0.2, 0.25) is 5.91 Å². The number of anilines is 1. The largest absolute Gasteiger partial charge is 0.302 e. The molecule has 3 aromatic rings. The molecule has 0 aliphatic rings. The monoisotopic (exact) mass is 390 g/mol. The number of nitrogens with one attached hydrogen (secondary N) is 1. The van der Waals surface area contributed by atoms with Crippen molar-refractivity contribution in [3.05, 3.63) is 69.0 Å². The molecular weight excluding hydrogens is 375 g/mol. The first-order valence-electron chi connectivity index (χ1n) is 7.83. The Morgan fingerprint density at radius 3 is 2.60 bits per heavy atom. The van der Waals surface area contributed by atoms with E-state index in [2.05, 4.69) is 29.4 Å². The number of hydrogen-bond acceptors (Lipinski definition) is 3. The van der Waals surface area contributed by atoms with Gasteiger partial charge in [-0.2, -0.15) is 0 Å². The minimum absolute atomic E-state index is 0.161. The standard InChI is InChI=1S/C19H16Cl2N2OS/c1-2-12-3-5-13(6-4-12)17-11-25-19(22-17)23-18(24)9-14-7-8-15(20)10-16(14)21/h3-8,10-11H,2,9H2,1H3,(H,22,23,24). The summed E-state index contributed by atoms with van der Waals surface area (Å²) in [5.41, 5.74) is 3.91. The van der Waals surface area contributed by atoms with Crippen LogP contribution in [0.15, 0.2) is 47.8 Å². The molecule has 3 rings (SSSR count). The van der Waals surface area contributed by atoms with Crippen LogP contribution < -0.4 is 5.32 Å². The summed E-state index contributed by atoms with van der Waals surface area (Å²) in [6, 6.07) is 13.4. The van der Waals surface area contributed by atoms with Crippen LogP contribution in [0.5, 0.6) is 0 Å². The molecule has 25 heavy (non-hydrogen) atoms. The van der Waals surface area contributed by atoms with Crippen LogP contribution >= 0.6 is 34.5 Å². The number of carbonyl (C=O) groups excluding carboxylic acids is 1. The predicted octanol–water partition coefficient (Wildman–Crippen LogP) is 5.86. The van der Waals surface area contributed by atoms with Crippen LogP contribution in [0.3, 0.4) is 0 Å². The number of rotatable bonds is 5. The highest BCUT2D eigenvalue weighted by Gasteiger charge is 2.11. The van der Waals surface area contributed by atoms with Crippen molar-refractivity contribution < 1.29 is 4.79 Å². The Labute approximate surface area is 160 Å². The van der Waals surface area contributed by atoms with Crippen molar-refractivity contribution in [2.75, 3.05) is 5.32 Å². The molecule has 6 heteroatoms. The molecule has 1 amide bonds. The second kappa shape index (κ2) is 8.00. The third-order valence-electron chi connectivity index (χ3n) is 3.77. The summed E-state index contributed by atoms with van der Waals surface area (Å²) in [6.45, 7) is 2.12. The molecule has 0 saturated heterocycles. The van der Waals surface area contributed by atoms with Gasteiger partial charge < -0.3 is 5.32 Å². The quantitative estimate of drug-likeness (QED) is 0.592. The molecule has 1 N–H and O–H groups in total. The van der Waals surface area contributed by atoms with Crippen molar-refractivity contribution in [2.24, 2.45) is 0 Å². The molecule has 0 unspecified atom stereocenters. The van der Waals surface area contributed by atoms with Crippen LogP contribution in [0.25, 0.3) is 11.3 Å². The van der Waals surface area contributed by atoms with E-state index in [0.717, 1.165) is 23.2 Å². The molecule has 0 aliphatic carbocycles. The molecule has 0 bridgehead atoms. The second-order valence-corrected chi connectivity index (χ2v) is 7.25. The van der Waals surface area contributed by atoms with Crippen LogP contribution in [0.4, 0.5) is 5.13 Å². The normalized spacial score (nSPS) is 10.7. The van der Waals surface area contributed by atoms with Gasteiger partial charge >= 0.3 is 0 Å². The van der Waals surface area contributed by atoms with Crippen molar-refractivity contribution in [1.29, 1.82) is 0 Å². The zero-order valence-corrected chi connectivity index (χ0v) is 15.9. The Hall–Kier alpha value is -1.88. The van der Waals surface area contributed by atoms with Gasteiger partial charge in [-0.15, -0.1) is 11.3 Å². The maximum atomic E-state index is 12.2. The number of amides is 1. The van der Waals surface area contributed by atoms with E-state index in [0.29, 0.717) is 15.2 Å². The van der Waals surface area contributed by atoms with E-state index in [9.17, 15) is 4.79 Å². The van der Waals surface area contributed by atoms with Crippen LogP contribution in [0.2, 0.25) is 10.0 Å². The molecule has 128 valence electrons. The highest BCUT2D eigenvalue weighted by atomic mass is 35.5. The van der Waals surface area contributed by atoms with Crippen LogP contribution in [-0.4, -0.2) is 10.9 Å². The number of nitrogens with zero attached hydrogens (tertiary/aromatic N) is 1. The fourth-order valence-electron chi connectivity index (χ4n) is 2.38. The van der Waals surface area contributed by atoms with E-state index in [1.54, 1.807) is 18.2 Å². The lowest BCUT2D eigenvalue weighted by Gasteiger charge is -2.05. The van der Waals surface area contributed by atoms with Gasteiger partial charge in [-0.3, -0.25) is 4.79 Å². The maximum absolute atomic E-state index is 12.2. The number of aromatic nitrogens is 1. The van der Waals surface area contributed by atoms with Crippen LogP contribution in [0, 0.1) is 0 Å². The Morgan fingerprint density at radius 1 is 1.16 bits per heavy atom. The molecule has 0 radical (unpaired) electrons. The lowest BCUT2D eigenvalue weighted by Crippen LogP contribution is -2.14. The first kappa shape index (κ1) is 17.9. The Morgan fingerprint density at radius 2 is 1.92 bits per heavy atom. The van der Waals surface area contributed by atoms with E-state index in [4.69, 9.17) is 23.2 Å². The zero-order valence-electron chi connectivity index (χ0n) is 13.6. The average Bonchev–Trinajstić information content (AvgIpc) is 3.06. The summed E-state index contributed by atoms with van der Waals surface area (Å²) in [5, 5.41) is 6.37. The molecule has 0 spiro atoms. The van der Waals surface area contributed by atoms with Crippen LogP contribution in [-0.2, 0) is 17.6 Å². The fraction of sp³-hybridized carbons (Fsp3) is 0.158. The van der Waals surface area contributed by atoms with E-state index in [1.165, 1.54) is 16.9 Å². The molecule has 0 aliphatic heterocycles. The fourth-order valence-corrected chi connectivity index (χ4v) is 3.59. The summed E-state index contributed by atoms with van der Waals surface area (Å²) in [6.07, 6.45) is 1.18. The zero-order chi connectivity index (χ0) is 17.8. The number of hydrogen-bond donors (Lipinski definition) is 1. The minimum atomic E-state index is -0.161. The summed E-state index contributed by atoms with van der Waals surface area (Å²) in [7, 11) is 0. The molecule has 0 fully saturated rings. The Bertz CT molecular complexity index is 891. The average molecular weight is 391 g/mol. The Kier molecular flexibility index (Phi) is 5.74. The molecular formula is C19H16Cl2N2OS. The number of halogens is 2. The summed E-state index contributed by atoms with van der Waals surface area (Å²) < 4.78 is 0. The maximum Gasteiger partial charge on any atom is 0.230 e. The second-order valence-electron chi connectivity index (χ2n) is 5.55. The highest BCUT2D eigenvalue weighted by Crippen LogP contribution is 2.26. The molecule has 1 heterocycles. The molecule has 0 atom stereocenters. The third-order valence-corrected chi connectivity index (χ3v) is 5.12. The van der Waals surface area contributed by atoms with Gasteiger partial charge in [0.05, 0.1) is 12.1 Å². The lowest BCUT2D eigenvalue weighted by molar-refractivity contribution is -0.115. The smallest absolute Gasteiger partial charge is 0.230 e. The minimum Gasteiger partial charge on any atom is -0.302 e. The van der Waals surface area contributed by atoms with E-state index in [1.807, 2.05) is 17.5 Å². The molecule has 0 saturated carbocycles. The van der Waals surface area contributed by atoms with E-state index >= 15 is 0 Å². The van der Waals surface area contributed by atoms with Gasteiger partial charge in [0, 0.05) is 21.0 Å². The van der Waals surface area contributed by atoms with Crippen LogP contribution in [0.1, 0.15) is 18.1 Å². The molecule has 2 aromatic carbocycles.